The van der Waals surface area contributed by atoms with Crippen molar-refractivity contribution >= 4 is 39.0 Å². The van der Waals surface area contributed by atoms with Gasteiger partial charge in [-0.25, -0.2) is 13.1 Å². The summed E-state index contributed by atoms with van der Waals surface area (Å²) < 4.78 is 29.2. The lowest BCUT2D eigenvalue weighted by atomic mass is 10.1. The quantitative estimate of drug-likeness (QED) is 0.332. The van der Waals surface area contributed by atoms with Gasteiger partial charge in [0, 0.05) is 18.7 Å². The monoisotopic (exact) mass is 510 g/mol. The first kappa shape index (κ1) is 24.8. The number of amides is 1. The molecule has 2 heterocycles. The van der Waals surface area contributed by atoms with E-state index in [1.165, 1.54) is 11.8 Å². The van der Waals surface area contributed by atoms with Gasteiger partial charge in [-0.1, -0.05) is 41.6 Å². The molecule has 35 heavy (non-hydrogen) atoms. The number of fused-ring (bicyclic) bond motifs is 1. The van der Waals surface area contributed by atoms with Gasteiger partial charge in [-0.2, -0.15) is 9.61 Å². The van der Waals surface area contributed by atoms with Gasteiger partial charge in [-0.05, 0) is 62.2 Å². The number of nitrogens with one attached hydrogen (secondary N) is 2. The molecule has 4 rings (SSSR count). The van der Waals surface area contributed by atoms with E-state index in [0.29, 0.717) is 22.9 Å². The lowest BCUT2D eigenvalue weighted by molar-refractivity contribution is -0.113. The van der Waals surface area contributed by atoms with Crippen LogP contribution in [0.3, 0.4) is 0 Å². The van der Waals surface area contributed by atoms with Crippen molar-refractivity contribution in [3.63, 3.8) is 0 Å². The molecule has 2 N–H and O–H groups in total. The molecule has 0 unspecified atom stereocenters. The maximum atomic E-state index is 12.5. The molecule has 0 aliphatic carbocycles. The van der Waals surface area contributed by atoms with E-state index in [1.54, 1.807) is 40.9 Å². The van der Waals surface area contributed by atoms with Crippen LogP contribution in [-0.2, 0) is 21.2 Å². The summed E-state index contributed by atoms with van der Waals surface area (Å²) in [4.78, 5) is 12.7. The lowest BCUT2D eigenvalue weighted by Crippen LogP contribution is -2.26. The van der Waals surface area contributed by atoms with E-state index < -0.39 is 10.0 Å². The SMILES string of the molecule is Cc1ccc(S(=O)(=O)NCCc2nnc3ccc(SCC(=O)Nc4cccc(C)c4C)nn23)cc1. The molecule has 0 spiro atoms. The fourth-order valence-corrected chi connectivity index (χ4v) is 5.05. The van der Waals surface area contributed by atoms with Gasteiger partial charge < -0.3 is 5.32 Å². The third kappa shape index (κ3) is 6.05. The zero-order valence-corrected chi connectivity index (χ0v) is 21.3. The minimum absolute atomic E-state index is 0.125. The summed E-state index contributed by atoms with van der Waals surface area (Å²) >= 11 is 1.30. The highest BCUT2D eigenvalue weighted by Gasteiger charge is 2.15. The summed E-state index contributed by atoms with van der Waals surface area (Å²) in [5.74, 6) is 0.591. The molecule has 11 heteroatoms. The van der Waals surface area contributed by atoms with Crippen molar-refractivity contribution in [2.24, 2.45) is 0 Å². The Morgan fingerprint density at radius 1 is 1.00 bits per heavy atom. The van der Waals surface area contributed by atoms with Crippen LogP contribution in [0.1, 0.15) is 22.5 Å². The lowest BCUT2D eigenvalue weighted by Gasteiger charge is -2.10. The van der Waals surface area contributed by atoms with E-state index in [9.17, 15) is 13.2 Å². The van der Waals surface area contributed by atoms with Crippen LogP contribution in [0, 0.1) is 20.8 Å². The Labute approximate surface area is 208 Å². The Bertz CT molecular complexity index is 1470. The maximum absolute atomic E-state index is 12.5. The zero-order valence-electron chi connectivity index (χ0n) is 19.6. The molecule has 4 aromatic rings. The highest BCUT2D eigenvalue weighted by atomic mass is 32.2. The highest BCUT2D eigenvalue weighted by Crippen LogP contribution is 2.20. The highest BCUT2D eigenvalue weighted by molar-refractivity contribution is 7.99. The van der Waals surface area contributed by atoms with Gasteiger partial charge in [0.25, 0.3) is 0 Å². The number of aromatic nitrogens is 4. The Morgan fingerprint density at radius 3 is 2.54 bits per heavy atom. The largest absolute Gasteiger partial charge is 0.325 e. The standard InChI is InChI=1S/C24H26N6O3S2/c1-16-7-9-19(10-8-16)35(32,33)25-14-13-22-28-27-21-11-12-24(29-30(21)22)34-15-23(31)26-20-6-4-5-17(2)18(20)3/h4-12,25H,13-15H2,1-3H3,(H,26,31). The molecule has 2 aromatic carbocycles. The average Bonchev–Trinajstić information content (AvgIpc) is 3.23. The number of rotatable bonds is 9. The normalized spacial score (nSPS) is 11.6. The van der Waals surface area contributed by atoms with Gasteiger partial charge >= 0.3 is 0 Å². The average molecular weight is 511 g/mol. The Morgan fingerprint density at radius 2 is 1.77 bits per heavy atom. The van der Waals surface area contributed by atoms with Gasteiger partial charge in [0.1, 0.15) is 5.03 Å². The van der Waals surface area contributed by atoms with Gasteiger partial charge in [0.2, 0.25) is 15.9 Å². The number of anilines is 1. The number of hydrogen-bond donors (Lipinski definition) is 2. The molecular weight excluding hydrogens is 484 g/mol. The number of benzene rings is 2. The molecule has 0 aliphatic rings. The third-order valence-electron chi connectivity index (χ3n) is 5.50. The minimum Gasteiger partial charge on any atom is -0.325 e. The fourth-order valence-electron chi connectivity index (χ4n) is 3.36. The predicted octanol–water partition coefficient (Wildman–Crippen LogP) is 3.30. The summed E-state index contributed by atoms with van der Waals surface area (Å²) in [6.45, 7) is 6.02. The Hall–Kier alpha value is -3.28. The second-order valence-corrected chi connectivity index (χ2v) is 10.9. The van der Waals surface area contributed by atoms with Crippen molar-refractivity contribution in [3.05, 3.63) is 77.1 Å². The molecule has 0 radical (unpaired) electrons. The van der Waals surface area contributed by atoms with Crippen LogP contribution in [0.2, 0.25) is 0 Å². The van der Waals surface area contributed by atoms with Gasteiger partial charge in [0.05, 0.1) is 10.6 Å². The molecule has 0 saturated heterocycles. The first-order valence-corrected chi connectivity index (χ1v) is 13.5. The Balaban J connectivity index is 1.37. The molecule has 9 nitrogen and oxygen atoms in total. The second-order valence-electron chi connectivity index (χ2n) is 8.10. The van der Waals surface area contributed by atoms with Crippen LogP contribution < -0.4 is 10.0 Å². The van der Waals surface area contributed by atoms with Crippen molar-refractivity contribution in [1.29, 1.82) is 0 Å². The molecule has 2 aromatic heterocycles. The predicted molar refractivity (Wildman–Crippen MR) is 136 cm³/mol. The summed E-state index contributed by atoms with van der Waals surface area (Å²) in [6, 6.07) is 16.0. The van der Waals surface area contributed by atoms with E-state index in [2.05, 4.69) is 25.3 Å². The van der Waals surface area contributed by atoms with Gasteiger partial charge in [-0.3, -0.25) is 4.79 Å². The Kier molecular flexibility index (Phi) is 7.48. The minimum atomic E-state index is -3.62. The van der Waals surface area contributed by atoms with Crippen LogP contribution in [0.15, 0.2) is 64.5 Å². The van der Waals surface area contributed by atoms with Crippen LogP contribution in [0.4, 0.5) is 5.69 Å². The van der Waals surface area contributed by atoms with Crippen LogP contribution >= 0.6 is 11.8 Å². The molecule has 0 fully saturated rings. The molecule has 0 bridgehead atoms. The number of nitrogens with zero attached hydrogens (tertiary/aromatic N) is 4. The number of thioether (sulfide) groups is 1. The van der Waals surface area contributed by atoms with Crippen molar-refractivity contribution in [2.45, 2.75) is 37.1 Å². The van der Waals surface area contributed by atoms with Crippen molar-refractivity contribution < 1.29 is 13.2 Å². The summed E-state index contributed by atoms with van der Waals surface area (Å²) in [6.07, 6.45) is 0.306. The van der Waals surface area contributed by atoms with E-state index >= 15 is 0 Å². The van der Waals surface area contributed by atoms with E-state index in [4.69, 9.17) is 0 Å². The van der Waals surface area contributed by atoms with Crippen molar-refractivity contribution in [1.82, 2.24) is 24.5 Å². The summed E-state index contributed by atoms with van der Waals surface area (Å²) in [5, 5.41) is 16.3. The van der Waals surface area contributed by atoms with Crippen molar-refractivity contribution in [3.8, 4) is 0 Å². The maximum Gasteiger partial charge on any atom is 0.240 e. The zero-order chi connectivity index (χ0) is 25.0. The molecule has 0 aliphatic heterocycles. The fraction of sp³-hybridized carbons (Fsp3) is 0.250. The number of carbonyl (C=O) groups is 1. The summed E-state index contributed by atoms with van der Waals surface area (Å²) in [5.41, 5.74) is 4.49. The van der Waals surface area contributed by atoms with E-state index in [-0.39, 0.29) is 23.1 Å². The number of carbonyl (C=O) groups excluding carboxylic acids is 1. The molecule has 0 saturated carbocycles. The van der Waals surface area contributed by atoms with E-state index in [0.717, 1.165) is 22.4 Å². The van der Waals surface area contributed by atoms with Crippen LogP contribution in [0.25, 0.3) is 5.65 Å². The third-order valence-corrected chi connectivity index (χ3v) is 7.90. The number of aryl methyl sites for hydroxylation is 2. The van der Waals surface area contributed by atoms with E-state index in [1.807, 2.05) is 39.0 Å². The van der Waals surface area contributed by atoms with Crippen molar-refractivity contribution in [2.75, 3.05) is 17.6 Å². The first-order chi connectivity index (χ1) is 16.7. The molecule has 0 atom stereocenters. The molecule has 182 valence electrons. The smallest absolute Gasteiger partial charge is 0.240 e. The van der Waals surface area contributed by atoms with Gasteiger partial charge in [0.15, 0.2) is 11.5 Å². The van der Waals surface area contributed by atoms with Crippen LogP contribution in [0.5, 0.6) is 0 Å². The topological polar surface area (TPSA) is 118 Å². The van der Waals surface area contributed by atoms with Gasteiger partial charge in [-0.15, -0.1) is 10.2 Å². The molecular formula is C24H26N6O3S2. The number of sulfonamides is 1. The van der Waals surface area contributed by atoms with Crippen LogP contribution in [-0.4, -0.2) is 46.4 Å². The number of hydrogen-bond acceptors (Lipinski definition) is 7. The first-order valence-electron chi connectivity index (χ1n) is 11.0. The molecule has 1 amide bonds. The summed E-state index contributed by atoms with van der Waals surface area (Å²) in [7, 11) is -3.62. The second kappa shape index (κ2) is 10.5.